The topological polar surface area (TPSA) is 74.0 Å². The molecule has 0 aliphatic carbocycles. The van der Waals surface area contributed by atoms with E-state index in [0.29, 0.717) is 13.0 Å². The average molecular weight is 488 g/mol. The Balaban J connectivity index is 0.00000196. The first kappa shape index (κ1) is 19.4. The number of amides is 1. The zero-order valence-electron chi connectivity index (χ0n) is 14.9. The van der Waals surface area contributed by atoms with E-state index in [2.05, 4.69) is 27.4 Å². The second-order valence-electron chi connectivity index (χ2n) is 6.97. The number of thiazole rings is 1. The summed E-state index contributed by atoms with van der Waals surface area (Å²) in [6, 6.07) is 0. The molecule has 0 radical (unpaired) electrons. The van der Waals surface area contributed by atoms with Crippen molar-refractivity contribution < 1.29 is 4.79 Å². The molecule has 26 heavy (non-hydrogen) atoms. The number of aliphatic imine (C=N–C) groups is 1. The highest BCUT2D eigenvalue weighted by Crippen LogP contribution is 2.36. The number of halogens is 1. The molecule has 142 valence electrons. The predicted octanol–water partition coefficient (Wildman–Crippen LogP) is 2.08. The van der Waals surface area contributed by atoms with Crippen LogP contribution in [0.4, 0.5) is 0 Å². The van der Waals surface area contributed by atoms with Crippen molar-refractivity contribution in [2.75, 3.05) is 26.2 Å². The van der Waals surface area contributed by atoms with Gasteiger partial charge in [-0.05, 0) is 19.8 Å². The lowest BCUT2D eigenvalue weighted by molar-refractivity contribution is -0.119. The minimum absolute atomic E-state index is 0. The Morgan fingerprint density at radius 3 is 3.15 bits per heavy atom. The molecule has 1 atom stereocenters. The molecule has 1 unspecified atom stereocenters. The summed E-state index contributed by atoms with van der Waals surface area (Å²) in [5.41, 5.74) is 1.05. The number of nitrogens with zero attached hydrogens (tertiary/aromatic N) is 4. The summed E-state index contributed by atoms with van der Waals surface area (Å²) in [5.74, 6) is 1.11. The van der Waals surface area contributed by atoms with Gasteiger partial charge in [-0.2, -0.15) is 0 Å². The van der Waals surface area contributed by atoms with Crippen LogP contribution in [0.3, 0.4) is 0 Å². The number of hydrogen-bond donors (Lipinski definition) is 2. The molecule has 2 aliphatic heterocycles. The third kappa shape index (κ3) is 3.98. The lowest BCUT2D eigenvalue weighted by atomic mass is 9.79. The van der Waals surface area contributed by atoms with Crippen molar-refractivity contribution >= 4 is 52.1 Å². The summed E-state index contributed by atoms with van der Waals surface area (Å²) in [7, 11) is 0. The molecule has 2 saturated heterocycles. The van der Waals surface area contributed by atoms with E-state index in [9.17, 15) is 4.79 Å². The van der Waals surface area contributed by atoms with Crippen molar-refractivity contribution in [1.82, 2.24) is 24.9 Å². The van der Waals surface area contributed by atoms with Gasteiger partial charge in [-0.3, -0.25) is 9.20 Å². The highest BCUT2D eigenvalue weighted by atomic mass is 127. The fraction of sp³-hybridized carbons (Fsp3) is 0.588. The van der Waals surface area contributed by atoms with Gasteiger partial charge in [0.05, 0.1) is 12.2 Å². The number of carbonyl (C=O) groups is 1. The van der Waals surface area contributed by atoms with Gasteiger partial charge in [-0.25, -0.2) is 9.98 Å². The number of carbonyl (C=O) groups excluding carboxylic acids is 1. The van der Waals surface area contributed by atoms with E-state index in [1.165, 1.54) is 0 Å². The molecule has 2 aromatic rings. The normalized spacial score (nSPS) is 23.3. The minimum Gasteiger partial charge on any atom is -0.357 e. The number of nitrogens with one attached hydrogen (secondary N) is 2. The van der Waals surface area contributed by atoms with Gasteiger partial charge in [-0.15, -0.1) is 35.3 Å². The Kier molecular flexibility index (Phi) is 6.06. The van der Waals surface area contributed by atoms with Gasteiger partial charge in [0, 0.05) is 55.8 Å². The Morgan fingerprint density at radius 2 is 2.42 bits per heavy atom. The Bertz CT molecular complexity index is 774. The molecule has 7 nitrogen and oxygen atoms in total. The van der Waals surface area contributed by atoms with Crippen molar-refractivity contribution in [2.24, 2.45) is 10.4 Å². The lowest BCUT2D eigenvalue weighted by Crippen LogP contribution is -2.51. The van der Waals surface area contributed by atoms with Gasteiger partial charge in [0.1, 0.15) is 0 Å². The van der Waals surface area contributed by atoms with E-state index < -0.39 is 0 Å². The number of likely N-dealkylation sites (tertiary alicyclic amines) is 1. The Hall–Kier alpha value is -1.36. The van der Waals surface area contributed by atoms with Gasteiger partial charge >= 0.3 is 0 Å². The number of piperidine rings is 1. The fourth-order valence-corrected chi connectivity index (χ4v) is 4.58. The third-order valence-electron chi connectivity index (χ3n) is 5.03. The highest BCUT2D eigenvalue weighted by molar-refractivity contribution is 14.0. The van der Waals surface area contributed by atoms with Gasteiger partial charge in [-0.1, -0.05) is 0 Å². The molecule has 0 bridgehead atoms. The molecule has 9 heteroatoms. The Morgan fingerprint density at radius 1 is 1.54 bits per heavy atom. The van der Waals surface area contributed by atoms with Crippen LogP contribution in [0.25, 0.3) is 4.96 Å². The molecule has 1 spiro atoms. The number of imidazole rings is 1. The smallest absolute Gasteiger partial charge is 0.220 e. The van der Waals surface area contributed by atoms with Gasteiger partial charge in [0.15, 0.2) is 10.9 Å². The van der Waals surface area contributed by atoms with Crippen LogP contribution in [0.2, 0.25) is 0 Å². The van der Waals surface area contributed by atoms with Crippen molar-refractivity contribution in [1.29, 1.82) is 0 Å². The van der Waals surface area contributed by atoms with Crippen molar-refractivity contribution in [3.8, 4) is 0 Å². The number of hydrogen-bond acceptors (Lipinski definition) is 4. The lowest BCUT2D eigenvalue weighted by Gasteiger charge is -2.40. The molecule has 2 aromatic heterocycles. The van der Waals surface area contributed by atoms with Crippen LogP contribution in [0.1, 0.15) is 31.9 Å². The van der Waals surface area contributed by atoms with E-state index in [-0.39, 0.29) is 35.3 Å². The van der Waals surface area contributed by atoms with Crippen LogP contribution in [-0.2, 0) is 11.3 Å². The van der Waals surface area contributed by atoms with E-state index >= 15 is 0 Å². The van der Waals surface area contributed by atoms with Crippen molar-refractivity contribution in [3.63, 3.8) is 0 Å². The first-order valence-corrected chi connectivity index (χ1v) is 9.76. The third-order valence-corrected chi connectivity index (χ3v) is 5.80. The number of guanidine groups is 1. The van der Waals surface area contributed by atoms with Gasteiger partial charge in [0.2, 0.25) is 5.91 Å². The second kappa shape index (κ2) is 8.12. The van der Waals surface area contributed by atoms with Crippen LogP contribution in [0, 0.1) is 5.41 Å². The second-order valence-corrected chi connectivity index (χ2v) is 7.85. The van der Waals surface area contributed by atoms with E-state index in [1.54, 1.807) is 11.3 Å². The molecule has 2 N–H and O–H groups in total. The number of fused-ring (bicyclic) bond motifs is 1. The summed E-state index contributed by atoms with van der Waals surface area (Å²) in [6.07, 6.45) is 6.90. The Labute approximate surface area is 174 Å². The van der Waals surface area contributed by atoms with Crippen molar-refractivity contribution in [3.05, 3.63) is 23.5 Å². The molecule has 4 rings (SSSR count). The van der Waals surface area contributed by atoms with E-state index in [4.69, 9.17) is 4.99 Å². The molecule has 0 aromatic carbocycles. The zero-order chi connectivity index (χ0) is 17.3. The molecule has 0 saturated carbocycles. The van der Waals surface area contributed by atoms with Crippen LogP contribution in [0.15, 0.2) is 22.8 Å². The standard InChI is InChI=1S/C17H24N6OS.HI/c1-2-18-15(19-9-13-10-22-6-7-25-16(22)21-13)23-5-3-4-17(12-23)8-14(24)20-11-17;/h6-7,10H,2-5,8-9,11-12H2,1H3,(H,18,19)(H,20,24);1H. The number of rotatable bonds is 3. The summed E-state index contributed by atoms with van der Waals surface area (Å²) < 4.78 is 2.04. The maximum absolute atomic E-state index is 11.7. The molecule has 2 aliphatic rings. The van der Waals surface area contributed by atoms with Gasteiger partial charge < -0.3 is 15.5 Å². The van der Waals surface area contributed by atoms with Crippen LogP contribution < -0.4 is 10.6 Å². The monoisotopic (exact) mass is 488 g/mol. The maximum Gasteiger partial charge on any atom is 0.220 e. The van der Waals surface area contributed by atoms with Crippen LogP contribution in [0.5, 0.6) is 0 Å². The fourth-order valence-electron chi connectivity index (χ4n) is 3.86. The quantitative estimate of drug-likeness (QED) is 0.394. The maximum atomic E-state index is 11.7. The summed E-state index contributed by atoms with van der Waals surface area (Å²) in [6.45, 7) is 6.15. The first-order chi connectivity index (χ1) is 12.2. The van der Waals surface area contributed by atoms with Crippen molar-refractivity contribution in [2.45, 2.75) is 32.7 Å². The summed E-state index contributed by atoms with van der Waals surface area (Å²) in [5, 5.41) is 8.44. The first-order valence-electron chi connectivity index (χ1n) is 8.88. The van der Waals surface area contributed by atoms with E-state index in [0.717, 1.165) is 55.6 Å². The largest absolute Gasteiger partial charge is 0.357 e. The summed E-state index contributed by atoms with van der Waals surface area (Å²) >= 11 is 1.63. The molecular formula is C17H25IN6OS. The minimum atomic E-state index is 0. The molecular weight excluding hydrogens is 463 g/mol. The van der Waals surface area contributed by atoms with Crippen LogP contribution in [-0.4, -0.2) is 52.3 Å². The van der Waals surface area contributed by atoms with Crippen LogP contribution >= 0.6 is 35.3 Å². The number of aromatic nitrogens is 2. The highest BCUT2D eigenvalue weighted by Gasteiger charge is 2.42. The zero-order valence-corrected chi connectivity index (χ0v) is 18.0. The average Bonchev–Trinajstić information content (AvgIpc) is 3.27. The van der Waals surface area contributed by atoms with E-state index in [1.807, 2.05) is 22.2 Å². The summed E-state index contributed by atoms with van der Waals surface area (Å²) in [4.78, 5) is 24.4. The molecule has 1 amide bonds. The van der Waals surface area contributed by atoms with Gasteiger partial charge in [0.25, 0.3) is 0 Å². The molecule has 4 heterocycles. The molecule has 2 fully saturated rings. The predicted molar refractivity (Wildman–Crippen MR) is 114 cm³/mol. The SMILES string of the molecule is CCNC(=NCc1cn2ccsc2n1)N1CCCC2(CNC(=O)C2)C1.I.